The highest BCUT2D eigenvalue weighted by atomic mass is 33.1. The number of carbonyl (C=O) groups excluding carboxylic acids is 10. The number of nitrogens with two attached hydrogens (primary N) is 3. The van der Waals surface area contributed by atoms with Gasteiger partial charge in [0.05, 0.1) is 38.0 Å². The van der Waals surface area contributed by atoms with E-state index in [1.54, 1.807) is 0 Å². The molecule has 0 radical (unpaired) electrons. The first-order valence-electron chi connectivity index (χ1n) is 19.1. The summed E-state index contributed by atoms with van der Waals surface area (Å²) in [5, 5.41) is 36.1. The summed E-state index contributed by atoms with van der Waals surface area (Å²) in [4.78, 5) is 150. The molecule has 2 fully saturated rings. The zero-order valence-corrected chi connectivity index (χ0v) is 35.0. The number of carbonyl (C=O) groups is 11. The van der Waals surface area contributed by atoms with Crippen molar-refractivity contribution in [3.05, 3.63) is 18.2 Å². The number of amides is 10. The van der Waals surface area contributed by atoms with Crippen molar-refractivity contribution >= 4 is 86.6 Å². The van der Waals surface area contributed by atoms with Gasteiger partial charge in [-0.25, -0.2) is 4.98 Å². The first-order valence-corrected chi connectivity index (χ1v) is 21.6. The molecule has 0 spiro atoms. The molecule has 28 heteroatoms. The van der Waals surface area contributed by atoms with Crippen molar-refractivity contribution < 1.29 is 63.0 Å². The molecule has 8 atom stereocenters. The van der Waals surface area contributed by atoms with Crippen LogP contribution in [0, 0.1) is 0 Å². The van der Waals surface area contributed by atoms with Crippen LogP contribution in [0.4, 0.5) is 0 Å². The van der Waals surface area contributed by atoms with Gasteiger partial charge in [0.15, 0.2) is 0 Å². The minimum absolute atomic E-state index is 0.0803. The first-order chi connectivity index (χ1) is 29.3. The van der Waals surface area contributed by atoms with Crippen LogP contribution in [0.5, 0.6) is 0 Å². The molecule has 0 aromatic carbocycles. The number of aromatic nitrogens is 2. The smallest absolute Gasteiger partial charge is 0.305 e. The minimum atomic E-state index is -1.89. The fourth-order valence-corrected chi connectivity index (χ4v) is 8.34. The number of nitrogens with one attached hydrogen (secondary N) is 8. The maximum Gasteiger partial charge on any atom is 0.305 e. The number of rotatable bonds is 11. The van der Waals surface area contributed by atoms with Gasteiger partial charge in [-0.3, -0.25) is 52.7 Å². The predicted molar refractivity (Wildman–Crippen MR) is 217 cm³/mol. The molecule has 3 rings (SSSR count). The van der Waals surface area contributed by atoms with Gasteiger partial charge in [0.25, 0.3) is 0 Å². The van der Waals surface area contributed by atoms with Gasteiger partial charge < -0.3 is 74.5 Å². The second kappa shape index (κ2) is 24.4. The Morgan fingerprint density at radius 1 is 0.887 bits per heavy atom. The van der Waals surface area contributed by atoms with Gasteiger partial charge in [0, 0.05) is 42.8 Å². The Hall–Kier alpha value is -6.00. The van der Waals surface area contributed by atoms with E-state index in [0.717, 1.165) is 28.5 Å². The van der Waals surface area contributed by atoms with E-state index in [4.69, 9.17) is 17.2 Å². The number of hydrogen-bond donors (Lipinski definition) is 13. The van der Waals surface area contributed by atoms with Crippen LogP contribution < -0.4 is 54.4 Å². The van der Waals surface area contributed by atoms with Gasteiger partial charge in [-0.1, -0.05) is 21.6 Å². The van der Waals surface area contributed by atoms with Crippen LogP contribution >= 0.6 is 21.6 Å². The second-order valence-corrected chi connectivity index (χ2v) is 16.7. The Labute approximate surface area is 361 Å². The molecule has 0 aliphatic carbocycles. The van der Waals surface area contributed by atoms with Crippen LogP contribution in [0.3, 0.4) is 0 Å². The van der Waals surface area contributed by atoms with Gasteiger partial charge in [-0.2, -0.15) is 0 Å². The van der Waals surface area contributed by atoms with E-state index >= 15 is 0 Å². The number of imidazole rings is 1. The van der Waals surface area contributed by atoms with Gasteiger partial charge in [0.1, 0.15) is 36.3 Å². The summed E-state index contributed by atoms with van der Waals surface area (Å²) in [5.74, 6) is -11.4. The van der Waals surface area contributed by atoms with Crippen LogP contribution in [-0.4, -0.2) is 170 Å². The largest absolute Gasteiger partial charge is 0.481 e. The summed E-state index contributed by atoms with van der Waals surface area (Å²) < 4.78 is 0. The number of fused-ring (bicyclic) bond motifs is 1. The topological polar surface area (TPSA) is 422 Å². The summed E-state index contributed by atoms with van der Waals surface area (Å²) in [6, 6.07) is -10.4. The van der Waals surface area contributed by atoms with E-state index in [1.807, 2.05) is 0 Å². The second-order valence-electron chi connectivity index (χ2n) is 14.2. The fraction of sp³-hybridized carbons (Fsp3) is 0.588. The van der Waals surface area contributed by atoms with Gasteiger partial charge in [-0.05, 0) is 26.2 Å². The number of aliphatic hydroxyl groups excluding tert-OH is 1. The quantitative estimate of drug-likeness (QED) is 0.0918. The highest BCUT2D eigenvalue weighted by Gasteiger charge is 2.40. The summed E-state index contributed by atoms with van der Waals surface area (Å²) in [6.07, 6.45) is -0.272. The molecule has 2 aliphatic heterocycles. The van der Waals surface area contributed by atoms with E-state index in [-0.39, 0.29) is 37.3 Å². The number of nitrogens with zero attached hydrogens (tertiary/aromatic N) is 2. The number of hydrogen-bond acceptors (Lipinski definition) is 16. The van der Waals surface area contributed by atoms with Gasteiger partial charge in [0.2, 0.25) is 59.1 Å². The van der Waals surface area contributed by atoms with E-state index in [0.29, 0.717) is 12.1 Å². The van der Waals surface area contributed by atoms with Crippen LogP contribution in [-0.2, 0) is 59.2 Å². The van der Waals surface area contributed by atoms with Crippen molar-refractivity contribution in [2.75, 3.05) is 31.1 Å². The summed E-state index contributed by atoms with van der Waals surface area (Å²) in [7, 11) is 1.93. The zero-order chi connectivity index (χ0) is 46.1. The molecule has 10 amide bonds. The first kappa shape index (κ1) is 50.4. The van der Waals surface area contributed by atoms with E-state index in [1.165, 1.54) is 17.4 Å². The molecule has 62 heavy (non-hydrogen) atoms. The lowest BCUT2D eigenvalue weighted by molar-refractivity contribution is -0.142. The SMILES string of the molecule is C[C@@H](O)[C@@H]1NC(=O)[C@H](CC(=O)O)NC(=O)CNC(=O)[C@H](CCC(N)=O)NC(=O)[C@@H]2CCCN2C(=O)[C@H](Cc2cnc[nH]2)NC(=O)[C@@H](N)CSSC[C@@H](C(=O)NCC(N)=O)NC1=O. The zero-order valence-electron chi connectivity index (χ0n) is 33.4. The number of carboxylic acid groups (broad SMARTS) is 1. The third-order valence-corrected chi connectivity index (χ3v) is 11.7. The summed E-state index contributed by atoms with van der Waals surface area (Å²) in [6.45, 7) is -0.351. The van der Waals surface area contributed by atoms with Crippen LogP contribution in [0.25, 0.3) is 0 Å². The molecular weight excluding hydrogens is 863 g/mol. The van der Waals surface area contributed by atoms with E-state index in [9.17, 15) is 63.0 Å². The van der Waals surface area contributed by atoms with Crippen molar-refractivity contribution in [3.63, 3.8) is 0 Å². The van der Waals surface area contributed by atoms with E-state index < -0.39 is 139 Å². The number of aliphatic carboxylic acids is 1. The lowest BCUT2D eigenvalue weighted by Gasteiger charge is -2.30. The lowest BCUT2D eigenvalue weighted by atomic mass is 10.1. The normalized spacial score (nSPS) is 26.0. The van der Waals surface area contributed by atoms with Crippen molar-refractivity contribution in [1.29, 1.82) is 0 Å². The third-order valence-electron chi connectivity index (χ3n) is 9.23. The Bertz CT molecular complexity index is 1840. The van der Waals surface area contributed by atoms with E-state index in [2.05, 4.69) is 47.2 Å². The molecule has 1 aromatic heterocycles. The molecule has 3 heterocycles. The highest BCUT2D eigenvalue weighted by Crippen LogP contribution is 2.24. The molecule has 0 unspecified atom stereocenters. The van der Waals surface area contributed by atoms with Crippen LogP contribution in [0.1, 0.15) is 44.7 Å². The summed E-state index contributed by atoms with van der Waals surface area (Å²) in [5.41, 5.74) is 17.1. The number of aromatic amines is 1. The Kier molecular flexibility index (Phi) is 19.9. The molecule has 2 saturated heterocycles. The standard InChI is InChI=1S/C34H51N13O13S2/c1-15(48)27-33(59)45-21(30(56)39-10-24(37)50)13-62-61-12-17(35)28(54)44-20(7-16-9-38-14-41-16)34(60)47-6-2-3-22(47)32(58)43-18(4-5-23(36)49)29(55)40-11-25(51)42-19(8-26(52)53)31(57)46-27/h9,14-15,17-22,27,48H,2-8,10-13,35H2,1H3,(H2,36,49)(H2,37,50)(H,38,41)(H,39,56)(H,40,55)(H,42,51)(H,43,58)(H,44,54)(H,45,59)(H,46,57)(H,52,53)/t15-,17+,18+,19+,20+,21+,22+,27+/m1/s1. The summed E-state index contributed by atoms with van der Waals surface area (Å²) >= 11 is 0. The predicted octanol–water partition coefficient (Wildman–Crippen LogP) is -7.07. The molecule has 26 nitrogen and oxygen atoms in total. The van der Waals surface area contributed by atoms with Crippen molar-refractivity contribution in [3.8, 4) is 0 Å². The number of carboxylic acids is 1. The minimum Gasteiger partial charge on any atom is -0.481 e. The van der Waals surface area contributed by atoms with Crippen LogP contribution in [0.2, 0.25) is 0 Å². The Morgan fingerprint density at radius 2 is 1.58 bits per heavy atom. The average molecular weight is 914 g/mol. The molecule has 0 bridgehead atoms. The lowest BCUT2D eigenvalue weighted by Crippen LogP contribution is -2.61. The van der Waals surface area contributed by atoms with Gasteiger partial charge >= 0.3 is 5.97 Å². The maximum atomic E-state index is 14.1. The fourth-order valence-electron chi connectivity index (χ4n) is 6.06. The Morgan fingerprint density at radius 3 is 2.21 bits per heavy atom. The average Bonchev–Trinajstić information content (AvgIpc) is 3.92. The van der Waals surface area contributed by atoms with Gasteiger partial charge in [-0.15, -0.1) is 0 Å². The van der Waals surface area contributed by atoms with Crippen molar-refractivity contribution in [1.82, 2.24) is 52.1 Å². The molecule has 1 aromatic rings. The molecular formula is C34H51N13O13S2. The molecule has 0 saturated carbocycles. The molecule has 2 aliphatic rings. The maximum absolute atomic E-state index is 14.1. The van der Waals surface area contributed by atoms with Crippen molar-refractivity contribution in [2.24, 2.45) is 17.2 Å². The Balaban J connectivity index is 1.98. The monoisotopic (exact) mass is 913 g/mol. The number of H-pyrrole nitrogens is 1. The highest BCUT2D eigenvalue weighted by molar-refractivity contribution is 8.76. The molecule has 342 valence electrons. The number of aliphatic hydroxyl groups is 1. The number of primary amides is 2. The third kappa shape index (κ3) is 16.1. The van der Waals surface area contributed by atoms with Crippen LogP contribution in [0.15, 0.2) is 12.5 Å². The van der Waals surface area contributed by atoms with Crippen molar-refractivity contribution in [2.45, 2.75) is 93.8 Å². The molecule has 16 N–H and O–H groups in total.